The molecule has 0 radical (unpaired) electrons. The van der Waals surface area contributed by atoms with Gasteiger partial charge in [0.05, 0.1) is 10.6 Å². The largest absolute Gasteiger partial charge is 0.352 e. The Labute approximate surface area is 110 Å². The number of carbonyl (C=O) groups is 1. The molecule has 0 bridgehead atoms. The van der Waals surface area contributed by atoms with Crippen molar-refractivity contribution < 1.29 is 4.79 Å². The third kappa shape index (κ3) is 2.59. The molecule has 2 aromatic rings. The molecule has 0 aromatic carbocycles. The third-order valence-corrected chi connectivity index (χ3v) is 3.91. The Morgan fingerprint density at radius 3 is 3.06 bits per heavy atom. The first-order valence-corrected chi connectivity index (χ1v) is 6.97. The second-order valence-electron chi connectivity index (χ2n) is 4.52. The minimum Gasteiger partial charge on any atom is -0.352 e. The highest BCUT2D eigenvalue weighted by Gasteiger charge is 2.29. The van der Waals surface area contributed by atoms with Crippen LogP contribution in [0.5, 0.6) is 0 Å². The van der Waals surface area contributed by atoms with E-state index < -0.39 is 0 Å². The highest BCUT2D eigenvalue weighted by molar-refractivity contribution is 7.13. The van der Waals surface area contributed by atoms with Crippen LogP contribution >= 0.6 is 11.3 Å². The van der Waals surface area contributed by atoms with Crippen LogP contribution < -0.4 is 5.32 Å². The molecule has 1 aliphatic rings. The van der Waals surface area contributed by atoms with Gasteiger partial charge in [-0.15, -0.1) is 11.3 Å². The number of pyridine rings is 1. The number of thiophene rings is 1. The van der Waals surface area contributed by atoms with Crippen LogP contribution in [-0.2, 0) is 11.3 Å². The van der Waals surface area contributed by atoms with Gasteiger partial charge in [0, 0.05) is 18.7 Å². The quantitative estimate of drug-likeness (QED) is 0.916. The number of amides is 1. The van der Waals surface area contributed by atoms with Crippen molar-refractivity contribution in [1.82, 2.24) is 10.3 Å². The van der Waals surface area contributed by atoms with Crippen molar-refractivity contribution in [3.63, 3.8) is 0 Å². The number of nitrogens with one attached hydrogen (secondary N) is 1. The van der Waals surface area contributed by atoms with Crippen molar-refractivity contribution in [2.24, 2.45) is 5.92 Å². The lowest BCUT2D eigenvalue weighted by molar-refractivity contribution is -0.122. The predicted octanol–water partition coefficient (Wildman–Crippen LogP) is 2.84. The van der Waals surface area contributed by atoms with Crippen LogP contribution in [0, 0.1) is 5.92 Å². The van der Waals surface area contributed by atoms with Gasteiger partial charge < -0.3 is 5.32 Å². The van der Waals surface area contributed by atoms with E-state index in [1.807, 2.05) is 23.6 Å². The van der Waals surface area contributed by atoms with Crippen LogP contribution in [0.3, 0.4) is 0 Å². The standard InChI is InChI=1S/C14H14N2OS/c17-14(11-3-4-11)16-9-10-5-6-15-12(8-10)13-2-1-7-18-13/h1-2,5-8,11H,3-4,9H2,(H,16,17). The minimum absolute atomic E-state index is 0.185. The number of aromatic nitrogens is 1. The van der Waals surface area contributed by atoms with E-state index in [0.717, 1.165) is 29.0 Å². The van der Waals surface area contributed by atoms with Gasteiger partial charge in [-0.2, -0.15) is 0 Å². The van der Waals surface area contributed by atoms with Gasteiger partial charge in [0.1, 0.15) is 0 Å². The van der Waals surface area contributed by atoms with Crippen molar-refractivity contribution in [3.05, 3.63) is 41.4 Å². The van der Waals surface area contributed by atoms with E-state index in [0.29, 0.717) is 6.54 Å². The summed E-state index contributed by atoms with van der Waals surface area (Å²) in [4.78, 5) is 17.1. The summed E-state index contributed by atoms with van der Waals surface area (Å²) >= 11 is 1.67. The molecule has 3 rings (SSSR count). The molecule has 2 aromatic heterocycles. The number of hydrogen-bond donors (Lipinski definition) is 1. The molecule has 1 aliphatic carbocycles. The van der Waals surface area contributed by atoms with Crippen molar-refractivity contribution in [1.29, 1.82) is 0 Å². The zero-order chi connectivity index (χ0) is 12.4. The molecule has 1 amide bonds. The summed E-state index contributed by atoms with van der Waals surface area (Å²) in [6.45, 7) is 0.593. The van der Waals surface area contributed by atoms with E-state index in [1.54, 1.807) is 17.5 Å². The zero-order valence-corrected chi connectivity index (χ0v) is 10.7. The second kappa shape index (κ2) is 4.90. The smallest absolute Gasteiger partial charge is 0.223 e. The number of nitrogens with zero attached hydrogens (tertiary/aromatic N) is 1. The summed E-state index contributed by atoms with van der Waals surface area (Å²) < 4.78 is 0. The molecular formula is C14H14N2OS. The molecule has 0 unspecified atom stereocenters. The Kier molecular flexibility index (Phi) is 3.11. The predicted molar refractivity (Wildman–Crippen MR) is 72.1 cm³/mol. The number of carbonyl (C=O) groups excluding carboxylic acids is 1. The van der Waals surface area contributed by atoms with Crippen molar-refractivity contribution >= 4 is 17.2 Å². The summed E-state index contributed by atoms with van der Waals surface area (Å²) in [5.74, 6) is 0.452. The third-order valence-electron chi connectivity index (χ3n) is 3.01. The van der Waals surface area contributed by atoms with Crippen LogP contribution in [0.1, 0.15) is 18.4 Å². The molecule has 92 valence electrons. The maximum atomic E-state index is 11.6. The number of rotatable bonds is 4. The monoisotopic (exact) mass is 258 g/mol. The van der Waals surface area contributed by atoms with Gasteiger partial charge in [-0.25, -0.2) is 0 Å². The SMILES string of the molecule is O=C(NCc1ccnc(-c2cccs2)c1)C1CC1. The molecule has 0 aliphatic heterocycles. The van der Waals surface area contributed by atoms with E-state index in [-0.39, 0.29) is 11.8 Å². The Balaban J connectivity index is 1.69. The lowest BCUT2D eigenvalue weighted by Gasteiger charge is -2.05. The molecule has 1 N–H and O–H groups in total. The van der Waals surface area contributed by atoms with Crippen LogP contribution in [0.2, 0.25) is 0 Å². The van der Waals surface area contributed by atoms with Crippen LogP contribution in [-0.4, -0.2) is 10.9 Å². The summed E-state index contributed by atoms with van der Waals surface area (Å²) in [5, 5.41) is 5.01. The van der Waals surface area contributed by atoms with E-state index in [2.05, 4.69) is 16.4 Å². The molecule has 1 saturated carbocycles. The summed E-state index contributed by atoms with van der Waals surface area (Å²) in [6.07, 6.45) is 3.89. The van der Waals surface area contributed by atoms with E-state index in [4.69, 9.17) is 0 Å². The van der Waals surface area contributed by atoms with Crippen LogP contribution in [0.15, 0.2) is 35.8 Å². The summed E-state index contributed by atoms with van der Waals surface area (Å²) in [5.41, 5.74) is 2.07. The average molecular weight is 258 g/mol. The lowest BCUT2D eigenvalue weighted by Crippen LogP contribution is -2.24. The molecule has 3 nitrogen and oxygen atoms in total. The molecule has 18 heavy (non-hydrogen) atoms. The summed E-state index contributed by atoms with van der Waals surface area (Å²) in [7, 11) is 0. The molecule has 0 atom stereocenters. The Morgan fingerprint density at radius 1 is 1.44 bits per heavy atom. The second-order valence-corrected chi connectivity index (χ2v) is 5.47. The van der Waals surface area contributed by atoms with Crippen molar-refractivity contribution in [2.45, 2.75) is 19.4 Å². The maximum absolute atomic E-state index is 11.6. The topological polar surface area (TPSA) is 42.0 Å². The Hall–Kier alpha value is -1.68. The molecule has 4 heteroatoms. The van der Waals surface area contributed by atoms with Crippen LogP contribution in [0.4, 0.5) is 0 Å². The van der Waals surface area contributed by atoms with Gasteiger partial charge in [-0.05, 0) is 42.0 Å². The van der Waals surface area contributed by atoms with Gasteiger partial charge in [0.2, 0.25) is 5.91 Å². The van der Waals surface area contributed by atoms with Gasteiger partial charge in [0.25, 0.3) is 0 Å². The van der Waals surface area contributed by atoms with Crippen molar-refractivity contribution in [3.8, 4) is 10.6 Å². The van der Waals surface area contributed by atoms with Gasteiger partial charge in [0.15, 0.2) is 0 Å². The highest BCUT2D eigenvalue weighted by atomic mass is 32.1. The van der Waals surface area contributed by atoms with Gasteiger partial charge in [-0.3, -0.25) is 9.78 Å². The number of hydrogen-bond acceptors (Lipinski definition) is 3. The van der Waals surface area contributed by atoms with Gasteiger partial charge >= 0.3 is 0 Å². The molecular weight excluding hydrogens is 244 g/mol. The normalized spacial score (nSPS) is 14.4. The Morgan fingerprint density at radius 2 is 2.33 bits per heavy atom. The highest BCUT2D eigenvalue weighted by Crippen LogP contribution is 2.29. The van der Waals surface area contributed by atoms with Crippen molar-refractivity contribution in [2.75, 3.05) is 0 Å². The Bertz CT molecular complexity index is 547. The maximum Gasteiger partial charge on any atom is 0.223 e. The average Bonchev–Trinajstić information content (AvgIpc) is 3.11. The van der Waals surface area contributed by atoms with E-state index in [9.17, 15) is 4.79 Å². The minimum atomic E-state index is 0.185. The van der Waals surface area contributed by atoms with E-state index >= 15 is 0 Å². The molecule has 1 fully saturated rings. The molecule has 2 heterocycles. The first-order chi connectivity index (χ1) is 8.83. The van der Waals surface area contributed by atoms with Gasteiger partial charge in [-0.1, -0.05) is 6.07 Å². The fraction of sp³-hybridized carbons (Fsp3) is 0.286. The first-order valence-electron chi connectivity index (χ1n) is 6.09. The summed E-state index contributed by atoms with van der Waals surface area (Å²) in [6, 6.07) is 8.06. The van der Waals surface area contributed by atoms with Crippen LogP contribution in [0.25, 0.3) is 10.6 Å². The first kappa shape index (κ1) is 11.4. The fourth-order valence-corrected chi connectivity index (χ4v) is 2.52. The zero-order valence-electron chi connectivity index (χ0n) is 9.93. The fourth-order valence-electron chi connectivity index (χ4n) is 1.82. The van der Waals surface area contributed by atoms with E-state index in [1.165, 1.54) is 0 Å². The lowest BCUT2D eigenvalue weighted by atomic mass is 10.2. The molecule has 0 saturated heterocycles. The molecule has 0 spiro atoms.